The van der Waals surface area contributed by atoms with Crippen molar-refractivity contribution in [1.82, 2.24) is 4.98 Å². The normalized spacial score (nSPS) is 9.75. The summed E-state index contributed by atoms with van der Waals surface area (Å²) in [5.74, 6) is 0. The molecule has 0 radical (unpaired) electrons. The lowest BCUT2D eigenvalue weighted by molar-refractivity contribution is 0.187. The molecule has 0 aliphatic rings. The maximum atomic E-state index is 11.0. The topological polar surface area (TPSA) is 75.0 Å². The van der Waals surface area contributed by atoms with Gasteiger partial charge in [-0.15, -0.1) is 11.3 Å². The van der Waals surface area contributed by atoms with Gasteiger partial charge in [-0.05, 0) is 18.2 Å². The molecule has 0 aliphatic heterocycles. The van der Waals surface area contributed by atoms with E-state index >= 15 is 0 Å². The Bertz CT molecular complexity index is 585. The van der Waals surface area contributed by atoms with Gasteiger partial charge >= 0.3 is 6.09 Å². The number of nitrogens with one attached hydrogen (secondary N) is 1. The van der Waals surface area contributed by atoms with Gasteiger partial charge in [0.2, 0.25) is 0 Å². The predicted octanol–water partition coefficient (Wildman–Crippen LogP) is 2.35. The van der Waals surface area contributed by atoms with Gasteiger partial charge in [-0.3, -0.25) is 5.32 Å². The van der Waals surface area contributed by atoms with E-state index < -0.39 is 6.09 Å². The van der Waals surface area contributed by atoms with Gasteiger partial charge in [-0.1, -0.05) is 0 Å². The number of carbonyl (C=O) groups excluding carboxylic acids is 1. The molecule has 80 valence electrons. The van der Waals surface area contributed by atoms with Gasteiger partial charge in [0.05, 0.1) is 17.3 Å². The molecule has 5 nitrogen and oxygen atoms in total. The van der Waals surface area contributed by atoms with Crippen LogP contribution < -0.4 is 5.32 Å². The highest BCUT2D eigenvalue weighted by molar-refractivity contribution is 7.19. The minimum atomic E-state index is -0.524. The second kappa shape index (κ2) is 4.16. The van der Waals surface area contributed by atoms with E-state index in [0.717, 1.165) is 10.2 Å². The Morgan fingerprint density at radius 3 is 3.12 bits per heavy atom. The first-order valence-corrected chi connectivity index (χ1v) is 5.20. The van der Waals surface area contributed by atoms with E-state index in [4.69, 9.17) is 5.26 Å². The zero-order valence-corrected chi connectivity index (χ0v) is 9.17. The van der Waals surface area contributed by atoms with Crippen LogP contribution in [0.3, 0.4) is 0 Å². The van der Waals surface area contributed by atoms with Crippen molar-refractivity contribution < 1.29 is 9.53 Å². The van der Waals surface area contributed by atoms with Gasteiger partial charge in [0.25, 0.3) is 0 Å². The van der Waals surface area contributed by atoms with Crippen molar-refractivity contribution in [1.29, 1.82) is 5.26 Å². The van der Waals surface area contributed by atoms with Gasteiger partial charge in [-0.2, -0.15) is 5.26 Å². The third-order valence-electron chi connectivity index (χ3n) is 1.92. The molecule has 0 unspecified atom stereocenters. The van der Waals surface area contributed by atoms with Crippen LogP contribution in [0.5, 0.6) is 0 Å². The Morgan fingerprint density at radius 2 is 2.44 bits per heavy atom. The molecule has 2 rings (SSSR count). The van der Waals surface area contributed by atoms with Crippen molar-refractivity contribution in [3.05, 3.63) is 23.2 Å². The number of hydrogen-bond donors (Lipinski definition) is 1. The molecule has 0 saturated heterocycles. The van der Waals surface area contributed by atoms with Crippen molar-refractivity contribution >= 4 is 33.3 Å². The van der Waals surface area contributed by atoms with Crippen LogP contribution in [0.15, 0.2) is 18.2 Å². The van der Waals surface area contributed by atoms with Crippen molar-refractivity contribution in [2.75, 3.05) is 12.4 Å². The summed E-state index contributed by atoms with van der Waals surface area (Å²) in [6, 6.07) is 7.19. The molecule has 6 heteroatoms. The summed E-state index contributed by atoms with van der Waals surface area (Å²) in [6.45, 7) is 0. The fraction of sp³-hybridized carbons (Fsp3) is 0.100. The summed E-state index contributed by atoms with van der Waals surface area (Å²) >= 11 is 1.28. The minimum Gasteiger partial charge on any atom is -0.453 e. The van der Waals surface area contributed by atoms with E-state index in [1.807, 2.05) is 6.07 Å². The summed E-state index contributed by atoms with van der Waals surface area (Å²) in [5.41, 5.74) is 1.37. The second-order valence-corrected chi connectivity index (χ2v) is 3.96. The summed E-state index contributed by atoms with van der Waals surface area (Å²) in [6.07, 6.45) is -0.524. The molecule has 2 aromatic rings. The van der Waals surface area contributed by atoms with Crippen LogP contribution in [0.2, 0.25) is 0 Å². The smallest absolute Gasteiger partial charge is 0.411 e. The highest BCUT2D eigenvalue weighted by Gasteiger charge is 2.05. The molecule has 1 N–H and O–H groups in total. The Kier molecular flexibility index (Phi) is 2.70. The molecular weight excluding hydrogens is 226 g/mol. The van der Waals surface area contributed by atoms with E-state index in [2.05, 4.69) is 15.0 Å². The Balaban J connectivity index is 2.36. The Morgan fingerprint density at radius 1 is 1.62 bits per heavy atom. The van der Waals surface area contributed by atoms with Crippen LogP contribution in [0.4, 0.5) is 10.5 Å². The molecule has 0 atom stereocenters. The monoisotopic (exact) mass is 233 g/mol. The van der Waals surface area contributed by atoms with Crippen molar-refractivity contribution in [3.63, 3.8) is 0 Å². The number of methoxy groups -OCH3 is 1. The number of nitrogens with zero attached hydrogens (tertiary/aromatic N) is 2. The molecule has 0 bridgehead atoms. The highest BCUT2D eigenvalue weighted by atomic mass is 32.1. The number of carbonyl (C=O) groups is 1. The molecule has 0 fully saturated rings. The van der Waals surface area contributed by atoms with Crippen LogP contribution in [0.1, 0.15) is 5.01 Å². The van der Waals surface area contributed by atoms with E-state index in [9.17, 15) is 4.79 Å². The quantitative estimate of drug-likeness (QED) is 0.820. The fourth-order valence-corrected chi connectivity index (χ4v) is 2.02. The van der Waals surface area contributed by atoms with Gasteiger partial charge in [0, 0.05) is 5.69 Å². The zero-order chi connectivity index (χ0) is 11.5. The Labute approximate surface area is 95.3 Å². The average molecular weight is 233 g/mol. The number of anilines is 1. The number of thiazole rings is 1. The molecule has 0 spiro atoms. The number of amides is 1. The number of benzene rings is 1. The lowest BCUT2D eigenvalue weighted by Gasteiger charge is -2.02. The van der Waals surface area contributed by atoms with E-state index in [1.165, 1.54) is 18.4 Å². The molecule has 16 heavy (non-hydrogen) atoms. The van der Waals surface area contributed by atoms with Crippen LogP contribution in [0.25, 0.3) is 10.2 Å². The zero-order valence-electron chi connectivity index (χ0n) is 8.35. The number of aromatic nitrogens is 1. The molecule has 1 aromatic carbocycles. The molecule has 0 saturated carbocycles. The first kappa shape index (κ1) is 10.4. The van der Waals surface area contributed by atoms with Crippen LogP contribution >= 0.6 is 11.3 Å². The first-order chi connectivity index (χ1) is 7.72. The van der Waals surface area contributed by atoms with Crippen LogP contribution in [-0.2, 0) is 4.74 Å². The van der Waals surface area contributed by atoms with Gasteiger partial charge in [-0.25, -0.2) is 9.78 Å². The van der Waals surface area contributed by atoms with E-state index in [0.29, 0.717) is 10.7 Å². The molecular formula is C10H7N3O2S. The number of ether oxygens (including phenoxy) is 1. The predicted molar refractivity (Wildman–Crippen MR) is 60.4 cm³/mol. The van der Waals surface area contributed by atoms with Gasteiger partial charge in [0.1, 0.15) is 6.07 Å². The second-order valence-electron chi connectivity index (χ2n) is 2.93. The van der Waals surface area contributed by atoms with Crippen LogP contribution in [-0.4, -0.2) is 18.2 Å². The summed E-state index contributed by atoms with van der Waals surface area (Å²) in [4.78, 5) is 15.1. The summed E-state index contributed by atoms with van der Waals surface area (Å²) in [5, 5.41) is 11.7. The molecule has 1 aromatic heterocycles. The largest absolute Gasteiger partial charge is 0.453 e. The number of hydrogen-bond acceptors (Lipinski definition) is 5. The molecule has 1 amide bonds. The Hall–Kier alpha value is -2.13. The number of rotatable bonds is 1. The fourth-order valence-electron chi connectivity index (χ4n) is 1.22. The van der Waals surface area contributed by atoms with Crippen molar-refractivity contribution in [3.8, 4) is 6.07 Å². The standard InChI is InChI=1S/C10H7N3O2S/c1-15-10(14)12-6-2-3-7-8(4-6)16-9(5-11)13-7/h2-4H,1H3,(H,12,14). The molecule has 0 aliphatic carbocycles. The van der Waals surface area contributed by atoms with Crippen molar-refractivity contribution in [2.45, 2.75) is 0 Å². The molecule has 1 heterocycles. The lowest BCUT2D eigenvalue weighted by atomic mass is 10.3. The van der Waals surface area contributed by atoms with E-state index in [-0.39, 0.29) is 0 Å². The van der Waals surface area contributed by atoms with Gasteiger partial charge in [0.15, 0.2) is 5.01 Å². The van der Waals surface area contributed by atoms with Crippen LogP contribution in [0, 0.1) is 11.3 Å². The maximum Gasteiger partial charge on any atom is 0.411 e. The maximum absolute atomic E-state index is 11.0. The number of fused-ring (bicyclic) bond motifs is 1. The first-order valence-electron chi connectivity index (χ1n) is 4.38. The summed E-state index contributed by atoms with van der Waals surface area (Å²) < 4.78 is 5.33. The van der Waals surface area contributed by atoms with E-state index in [1.54, 1.807) is 18.2 Å². The minimum absolute atomic E-state index is 0.408. The highest BCUT2D eigenvalue weighted by Crippen LogP contribution is 2.24. The third-order valence-corrected chi connectivity index (χ3v) is 2.84. The van der Waals surface area contributed by atoms with Gasteiger partial charge < -0.3 is 4.74 Å². The average Bonchev–Trinajstić information content (AvgIpc) is 2.71. The SMILES string of the molecule is COC(=O)Nc1ccc2nc(C#N)sc2c1. The summed E-state index contributed by atoms with van der Waals surface area (Å²) in [7, 11) is 1.30. The third kappa shape index (κ3) is 1.94. The van der Waals surface area contributed by atoms with Crippen molar-refractivity contribution in [2.24, 2.45) is 0 Å². The number of nitriles is 1. The lowest BCUT2D eigenvalue weighted by Crippen LogP contribution is -2.10.